The number of benzene rings is 2. The molecule has 2 aromatic rings. The van der Waals surface area contributed by atoms with Crippen molar-refractivity contribution >= 4 is 23.5 Å². The van der Waals surface area contributed by atoms with E-state index in [1.165, 1.54) is 0 Å². The van der Waals surface area contributed by atoms with E-state index in [1.807, 2.05) is 30.3 Å². The Kier molecular flexibility index (Phi) is 5.44. The molecule has 4 rings (SSSR count). The molecule has 1 saturated carbocycles. The maximum Gasteiger partial charge on any atom is 0.325 e. The molecule has 7 heteroatoms. The Labute approximate surface area is 175 Å². The van der Waals surface area contributed by atoms with Crippen LogP contribution in [0, 0.1) is 0 Å². The first-order valence-electron chi connectivity index (χ1n) is 10.3. The highest BCUT2D eigenvalue weighted by atomic mass is 16.5. The van der Waals surface area contributed by atoms with Gasteiger partial charge in [0.15, 0.2) is 0 Å². The van der Waals surface area contributed by atoms with Crippen LogP contribution in [0.1, 0.15) is 39.0 Å². The highest BCUT2D eigenvalue weighted by molar-refractivity contribution is 6.11. The van der Waals surface area contributed by atoms with Crippen LogP contribution in [0.2, 0.25) is 0 Å². The molecule has 2 N–H and O–H groups in total. The Bertz CT molecular complexity index is 937. The summed E-state index contributed by atoms with van der Waals surface area (Å²) in [7, 11) is 0. The van der Waals surface area contributed by atoms with E-state index >= 15 is 0 Å². The van der Waals surface area contributed by atoms with Gasteiger partial charge in [0.2, 0.25) is 5.91 Å². The van der Waals surface area contributed by atoms with Gasteiger partial charge < -0.3 is 15.4 Å². The number of carbonyl (C=O) groups is 3. The first-order chi connectivity index (χ1) is 14.5. The highest BCUT2D eigenvalue weighted by Gasteiger charge is 2.53. The molecule has 2 fully saturated rings. The Morgan fingerprint density at radius 1 is 1.00 bits per heavy atom. The van der Waals surface area contributed by atoms with Gasteiger partial charge in [-0.1, -0.05) is 37.5 Å². The van der Waals surface area contributed by atoms with Gasteiger partial charge >= 0.3 is 6.03 Å². The quantitative estimate of drug-likeness (QED) is 0.732. The van der Waals surface area contributed by atoms with Gasteiger partial charge in [-0.3, -0.25) is 9.59 Å². The van der Waals surface area contributed by atoms with Crippen molar-refractivity contribution in [3.05, 3.63) is 54.6 Å². The SMILES string of the molecule is CC(C(=O)Nc1ccc(Oc2ccccc2)cc1)N1C(=O)NC2(CCCCC2)C1=O. The maximum absolute atomic E-state index is 13.0. The molecule has 1 unspecified atom stereocenters. The van der Waals surface area contributed by atoms with E-state index in [0.717, 1.165) is 29.9 Å². The molecule has 7 nitrogen and oxygen atoms in total. The second-order valence-electron chi connectivity index (χ2n) is 7.85. The Morgan fingerprint density at radius 3 is 2.30 bits per heavy atom. The molecule has 1 spiro atoms. The number of imide groups is 1. The third-order valence-electron chi connectivity index (χ3n) is 5.77. The number of rotatable bonds is 5. The molecule has 1 heterocycles. The minimum Gasteiger partial charge on any atom is -0.457 e. The van der Waals surface area contributed by atoms with Gasteiger partial charge in [-0.05, 0) is 56.2 Å². The van der Waals surface area contributed by atoms with Crippen molar-refractivity contribution in [2.45, 2.75) is 50.6 Å². The fourth-order valence-corrected chi connectivity index (χ4v) is 4.08. The number of carbonyl (C=O) groups excluding carboxylic acids is 3. The van der Waals surface area contributed by atoms with Crippen LogP contribution in [0.5, 0.6) is 11.5 Å². The lowest BCUT2D eigenvalue weighted by Gasteiger charge is -2.31. The number of urea groups is 1. The molecular formula is C23H25N3O4. The predicted molar refractivity (Wildman–Crippen MR) is 112 cm³/mol. The van der Waals surface area contributed by atoms with E-state index in [-0.39, 0.29) is 5.91 Å². The molecule has 30 heavy (non-hydrogen) atoms. The van der Waals surface area contributed by atoms with E-state index in [2.05, 4.69) is 10.6 Å². The number of hydrogen-bond acceptors (Lipinski definition) is 4. The second-order valence-corrected chi connectivity index (χ2v) is 7.85. The monoisotopic (exact) mass is 407 g/mol. The molecule has 0 radical (unpaired) electrons. The molecule has 2 aromatic carbocycles. The summed E-state index contributed by atoms with van der Waals surface area (Å²) in [5.74, 6) is 0.656. The Hall–Kier alpha value is -3.35. The largest absolute Gasteiger partial charge is 0.457 e. The van der Waals surface area contributed by atoms with Crippen LogP contribution in [-0.4, -0.2) is 34.3 Å². The van der Waals surface area contributed by atoms with E-state index in [1.54, 1.807) is 31.2 Å². The number of amides is 4. The topological polar surface area (TPSA) is 87.7 Å². The first-order valence-corrected chi connectivity index (χ1v) is 10.3. The fourth-order valence-electron chi connectivity index (χ4n) is 4.08. The number of anilines is 1. The number of para-hydroxylation sites is 1. The third-order valence-corrected chi connectivity index (χ3v) is 5.77. The molecule has 1 saturated heterocycles. The van der Waals surface area contributed by atoms with Crippen molar-refractivity contribution in [1.29, 1.82) is 0 Å². The van der Waals surface area contributed by atoms with Crippen molar-refractivity contribution in [2.75, 3.05) is 5.32 Å². The van der Waals surface area contributed by atoms with Crippen molar-refractivity contribution in [1.82, 2.24) is 10.2 Å². The van der Waals surface area contributed by atoms with Crippen molar-refractivity contribution < 1.29 is 19.1 Å². The standard InChI is InChI=1S/C23H25N3O4/c1-16(26-21(28)23(25-22(26)29)14-6-3-7-15-23)20(27)24-17-10-12-19(13-11-17)30-18-8-4-2-5-9-18/h2,4-5,8-13,16H,3,6-7,14-15H2,1H3,(H,24,27)(H,25,29). The summed E-state index contributed by atoms with van der Waals surface area (Å²) in [4.78, 5) is 39.2. The van der Waals surface area contributed by atoms with Crippen LogP contribution < -0.4 is 15.4 Å². The number of nitrogens with one attached hydrogen (secondary N) is 2. The predicted octanol–water partition coefficient (Wildman–Crippen LogP) is 4.06. The van der Waals surface area contributed by atoms with Gasteiger partial charge in [-0.15, -0.1) is 0 Å². The van der Waals surface area contributed by atoms with Crippen molar-refractivity contribution in [3.63, 3.8) is 0 Å². The number of hydrogen-bond donors (Lipinski definition) is 2. The smallest absolute Gasteiger partial charge is 0.325 e. The van der Waals surface area contributed by atoms with E-state index < -0.39 is 23.5 Å². The normalized spacial score (nSPS) is 18.8. The number of nitrogens with zero attached hydrogens (tertiary/aromatic N) is 1. The second kappa shape index (κ2) is 8.18. The van der Waals surface area contributed by atoms with Crippen LogP contribution in [0.3, 0.4) is 0 Å². The van der Waals surface area contributed by atoms with E-state index in [4.69, 9.17) is 4.74 Å². The Morgan fingerprint density at radius 2 is 1.63 bits per heavy atom. The molecule has 1 aliphatic heterocycles. The minimum absolute atomic E-state index is 0.290. The molecule has 0 bridgehead atoms. The summed E-state index contributed by atoms with van der Waals surface area (Å²) in [6, 6.07) is 14.9. The molecule has 4 amide bonds. The Balaban J connectivity index is 1.40. The van der Waals surface area contributed by atoms with Gasteiger partial charge in [0, 0.05) is 5.69 Å². The van der Waals surface area contributed by atoms with Crippen LogP contribution in [0.4, 0.5) is 10.5 Å². The van der Waals surface area contributed by atoms with Crippen LogP contribution in [-0.2, 0) is 9.59 Å². The molecular weight excluding hydrogens is 382 g/mol. The lowest BCUT2D eigenvalue weighted by Crippen LogP contribution is -2.50. The minimum atomic E-state index is -0.904. The van der Waals surface area contributed by atoms with Gasteiger partial charge in [0.05, 0.1) is 0 Å². The summed E-state index contributed by atoms with van der Waals surface area (Å²) in [6.45, 7) is 1.57. The maximum atomic E-state index is 13.0. The highest BCUT2D eigenvalue weighted by Crippen LogP contribution is 2.34. The summed E-state index contributed by atoms with van der Waals surface area (Å²) in [6.07, 6.45) is 4.12. The van der Waals surface area contributed by atoms with Crippen LogP contribution in [0.15, 0.2) is 54.6 Å². The average Bonchev–Trinajstić information content (AvgIpc) is 2.99. The molecule has 0 aromatic heterocycles. The zero-order valence-corrected chi connectivity index (χ0v) is 16.9. The van der Waals surface area contributed by atoms with Crippen molar-refractivity contribution in [3.8, 4) is 11.5 Å². The molecule has 1 atom stereocenters. The summed E-state index contributed by atoms with van der Waals surface area (Å²) < 4.78 is 5.74. The molecule has 1 aliphatic carbocycles. The summed E-state index contributed by atoms with van der Waals surface area (Å²) >= 11 is 0. The third kappa shape index (κ3) is 3.87. The molecule has 2 aliphatic rings. The number of ether oxygens (including phenoxy) is 1. The van der Waals surface area contributed by atoms with Gasteiger partial charge in [0.1, 0.15) is 23.1 Å². The van der Waals surface area contributed by atoms with Crippen molar-refractivity contribution in [2.24, 2.45) is 0 Å². The summed E-state index contributed by atoms with van der Waals surface area (Å²) in [5, 5.41) is 5.61. The van der Waals surface area contributed by atoms with Crippen LogP contribution >= 0.6 is 0 Å². The molecule has 156 valence electrons. The van der Waals surface area contributed by atoms with Gasteiger partial charge in [0.25, 0.3) is 5.91 Å². The first kappa shape index (κ1) is 19.9. The van der Waals surface area contributed by atoms with E-state index in [9.17, 15) is 14.4 Å². The van der Waals surface area contributed by atoms with Gasteiger partial charge in [-0.2, -0.15) is 0 Å². The van der Waals surface area contributed by atoms with Crippen LogP contribution in [0.25, 0.3) is 0 Å². The fraction of sp³-hybridized carbons (Fsp3) is 0.348. The lowest BCUT2D eigenvalue weighted by atomic mass is 9.81. The van der Waals surface area contributed by atoms with Gasteiger partial charge in [-0.25, -0.2) is 9.69 Å². The van der Waals surface area contributed by atoms with E-state index in [0.29, 0.717) is 24.3 Å². The zero-order valence-electron chi connectivity index (χ0n) is 16.9. The summed E-state index contributed by atoms with van der Waals surface area (Å²) in [5.41, 5.74) is -0.271. The average molecular weight is 407 g/mol. The zero-order chi connectivity index (χ0) is 21.1. The lowest BCUT2D eigenvalue weighted by molar-refractivity contribution is -0.137.